The Morgan fingerprint density at radius 1 is 0.933 bits per heavy atom. The maximum Gasteiger partial charge on any atom is 0.287 e. The van der Waals surface area contributed by atoms with Crippen molar-refractivity contribution in [1.82, 2.24) is 5.32 Å². The van der Waals surface area contributed by atoms with Crippen molar-refractivity contribution in [2.75, 3.05) is 12.4 Å². The molecule has 8 nitrogen and oxygen atoms in total. The highest BCUT2D eigenvalue weighted by atomic mass is 32.3. The predicted molar refractivity (Wildman–Crippen MR) is 176 cm³/mol. The lowest BCUT2D eigenvalue weighted by Gasteiger charge is -2.24. The normalized spacial score (nSPS) is 16.0. The predicted octanol–water partition coefficient (Wildman–Crippen LogP) is 6.60. The fourth-order valence-electron chi connectivity index (χ4n) is 4.88. The molecule has 3 amide bonds. The molecule has 0 radical (unpaired) electrons. The summed E-state index contributed by atoms with van der Waals surface area (Å²) in [6, 6.07) is 28.5. The molecule has 1 atom stereocenters. The van der Waals surface area contributed by atoms with Crippen molar-refractivity contribution in [2.24, 2.45) is 0 Å². The van der Waals surface area contributed by atoms with Gasteiger partial charge >= 0.3 is 0 Å². The minimum atomic E-state index is -4.22. The lowest BCUT2D eigenvalue weighted by molar-refractivity contribution is -0.120. The van der Waals surface area contributed by atoms with Crippen molar-refractivity contribution in [3.05, 3.63) is 114 Å². The van der Waals surface area contributed by atoms with Crippen LogP contribution in [0.5, 0.6) is 5.75 Å². The average Bonchev–Trinajstić information content (AvgIpc) is 3.36. The van der Waals surface area contributed by atoms with Crippen molar-refractivity contribution in [2.45, 2.75) is 35.2 Å². The maximum atomic E-state index is 13.6. The number of hydrogen-bond donors (Lipinski definition) is 2. The number of carbonyl (C=O) groups excluding carboxylic acids is 3. The van der Waals surface area contributed by atoms with Crippen LogP contribution in [0.25, 0.3) is 11.1 Å². The quantitative estimate of drug-likeness (QED) is 0.157. The van der Waals surface area contributed by atoms with E-state index >= 15 is 0 Å². The highest BCUT2D eigenvalue weighted by Gasteiger charge is 2.57. The number of hydrogen-bond acceptors (Lipinski definition) is 7. The lowest BCUT2D eigenvalue weighted by Crippen LogP contribution is -2.43. The summed E-state index contributed by atoms with van der Waals surface area (Å²) < 4.78 is 30.3. The molecule has 1 saturated heterocycles. The summed E-state index contributed by atoms with van der Waals surface area (Å²) in [7, 11) is -2.76. The Kier molecular flexibility index (Phi) is 9.42. The van der Waals surface area contributed by atoms with E-state index in [0.29, 0.717) is 34.3 Å². The van der Waals surface area contributed by atoms with Gasteiger partial charge < -0.3 is 10.1 Å². The molecule has 0 saturated carbocycles. The SMILES string of the molecule is COc1ccc(S(=O)(=O)C2(CCCC#Cc3cc(NC(=O)c4ccc(-c5ccccc5)cc4)ccc3C)SC(=O)NC2=O)cc1. The topological polar surface area (TPSA) is 119 Å². The number of anilines is 1. The first kappa shape index (κ1) is 31.6. The van der Waals surface area contributed by atoms with E-state index in [1.54, 1.807) is 24.3 Å². The van der Waals surface area contributed by atoms with Crippen LogP contribution in [0.1, 0.15) is 40.7 Å². The average molecular weight is 639 g/mol. The van der Waals surface area contributed by atoms with E-state index in [0.717, 1.165) is 16.7 Å². The first-order chi connectivity index (χ1) is 21.6. The van der Waals surface area contributed by atoms with Gasteiger partial charge in [-0.15, -0.1) is 0 Å². The number of benzene rings is 4. The van der Waals surface area contributed by atoms with Crippen molar-refractivity contribution < 1.29 is 27.5 Å². The number of rotatable bonds is 9. The molecule has 5 rings (SSSR count). The molecule has 0 aliphatic carbocycles. The van der Waals surface area contributed by atoms with E-state index in [1.165, 1.54) is 31.4 Å². The summed E-state index contributed by atoms with van der Waals surface area (Å²) in [6.07, 6.45) is 0.437. The molecule has 1 unspecified atom stereocenters. The molecule has 10 heteroatoms. The molecule has 1 aliphatic rings. The zero-order valence-electron chi connectivity index (χ0n) is 24.6. The van der Waals surface area contributed by atoms with E-state index < -0.39 is 25.1 Å². The number of ether oxygens (including phenoxy) is 1. The number of nitrogens with one attached hydrogen (secondary N) is 2. The van der Waals surface area contributed by atoms with Gasteiger partial charge in [0.2, 0.25) is 13.9 Å². The Bertz CT molecular complexity index is 1910. The first-order valence-electron chi connectivity index (χ1n) is 14.1. The van der Waals surface area contributed by atoms with Gasteiger partial charge in [0.25, 0.3) is 17.1 Å². The molecule has 228 valence electrons. The summed E-state index contributed by atoms with van der Waals surface area (Å²) in [4.78, 5) is 37.8. The van der Waals surface area contributed by atoms with Crippen LogP contribution < -0.4 is 15.4 Å². The van der Waals surface area contributed by atoms with Gasteiger partial charge in [-0.25, -0.2) is 8.42 Å². The molecule has 4 aromatic rings. The summed E-state index contributed by atoms with van der Waals surface area (Å²) in [5, 5.41) is 4.35. The van der Waals surface area contributed by atoms with Gasteiger partial charge in [0.1, 0.15) is 5.75 Å². The third-order valence-corrected chi connectivity index (χ3v) is 11.5. The fraction of sp³-hybridized carbons (Fsp3) is 0.171. The molecule has 0 aromatic heterocycles. The van der Waals surface area contributed by atoms with Crippen LogP contribution in [0, 0.1) is 18.8 Å². The molecule has 1 aliphatic heterocycles. The number of aryl methyl sites for hydroxylation is 1. The van der Waals surface area contributed by atoms with Crippen molar-refractivity contribution in [3.63, 3.8) is 0 Å². The summed E-state index contributed by atoms with van der Waals surface area (Å²) >= 11 is 0.488. The number of amides is 3. The number of unbranched alkanes of at least 4 members (excludes halogenated alkanes) is 1. The molecule has 45 heavy (non-hydrogen) atoms. The number of sulfone groups is 1. The zero-order chi connectivity index (χ0) is 32.0. The number of imide groups is 1. The Balaban J connectivity index is 1.25. The minimum absolute atomic E-state index is 0.0756. The summed E-state index contributed by atoms with van der Waals surface area (Å²) in [5.74, 6) is 5.51. The summed E-state index contributed by atoms with van der Waals surface area (Å²) in [6.45, 7) is 1.90. The molecule has 2 N–H and O–H groups in total. The van der Waals surface area contributed by atoms with Gasteiger partial charge in [-0.2, -0.15) is 0 Å². The maximum absolute atomic E-state index is 13.6. The smallest absolute Gasteiger partial charge is 0.287 e. The number of methoxy groups -OCH3 is 1. The highest BCUT2D eigenvalue weighted by Crippen LogP contribution is 2.44. The van der Waals surface area contributed by atoms with E-state index in [-0.39, 0.29) is 30.1 Å². The van der Waals surface area contributed by atoms with E-state index in [9.17, 15) is 22.8 Å². The number of thioether (sulfide) groups is 1. The lowest BCUT2D eigenvalue weighted by atomic mass is 10.0. The first-order valence-corrected chi connectivity index (χ1v) is 16.4. The van der Waals surface area contributed by atoms with Gasteiger partial charge in [-0.05, 0) is 96.7 Å². The van der Waals surface area contributed by atoms with Crippen LogP contribution in [0.2, 0.25) is 0 Å². The monoisotopic (exact) mass is 638 g/mol. The molecular weight excluding hydrogens is 609 g/mol. The second kappa shape index (κ2) is 13.4. The third-order valence-electron chi connectivity index (χ3n) is 7.40. The molecule has 1 heterocycles. The second-order valence-corrected chi connectivity index (χ2v) is 14.1. The Hall–Kier alpha value is -4.85. The summed E-state index contributed by atoms with van der Waals surface area (Å²) in [5.41, 5.74) is 4.80. The van der Waals surface area contributed by atoms with Crippen LogP contribution in [0.3, 0.4) is 0 Å². The highest BCUT2D eigenvalue weighted by molar-refractivity contribution is 8.25. The molecule has 0 bridgehead atoms. The van der Waals surface area contributed by atoms with Gasteiger partial charge in [0.15, 0.2) is 0 Å². The van der Waals surface area contributed by atoms with Crippen LogP contribution in [0.15, 0.2) is 102 Å². The standard InChI is InChI=1S/C35H30N2O6S2/c1-24-12-17-29(36-32(38)27-15-13-26(14-16-27)25-9-5-3-6-10-25)23-28(24)11-7-4-8-22-35(33(39)37-34(40)44-35)45(41,42)31-20-18-30(43-2)19-21-31/h3,5-6,9-10,12-21,23H,4,8,22H2,1-2H3,(H,36,38)(H,37,39,40). The fourth-order valence-corrected chi connectivity index (χ4v) is 8.25. The van der Waals surface area contributed by atoms with Gasteiger partial charge in [0.05, 0.1) is 12.0 Å². The van der Waals surface area contributed by atoms with Crippen LogP contribution >= 0.6 is 11.8 Å². The van der Waals surface area contributed by atoms with E-state index in [1.807, 2.05) is 55.5 Å². The van der Waals surface area contributed by atoms with Crippen molar-refractivity contribution in [3.8, 4) is 28.7 Å². The Morgan fingerprint density at radius 2 is 1.62 bits per heavy atom. The molecular formula is C35H30N2O6S2. The van der Waals surface area contributed by atoms with Crippen LogP contribution in [-0.4, -0.2) is 36.7 Å². The molecule has 4 aromatic carbocycles. The largest absolute Gasteiger partial charge is 0.497 e. The Morgan fingerprint density at radius 3 is 2.27 bits per heavy atom. The zero-order valence-corrected chi connectivity index (χ0v) is 26.3. The van der Waals surface area contributed by atoms with E-state index in [4.69, 9.17) is 4.74 Å². The van der Waals surface area contributed by atoms with Gasteiger partial charge in [-0.1, -0.05) is 60.4 Å². The van der Waals surface area contributed by atoms with Crippen LogP contribution in [0.4, 0.5) is 10.5 Å². The number of carbonyl (C=O) groups is 3. The third kappa shape index (κ3) is 6.80. The Labute approximate surface area is 266 Å². The van der Waals surface area contributed by atoms with Gasteiger partial charge in [-0.3, -0.25) is 19.7 Å². The van der Waals surface area contributed by atoms with E-state index in [2.05, 4.69) is 22.5 Å². The van der Waals surface area contributed by atoms with Crippen molar-refractivity contribution >= 4 is 44.3 Å². The minimum Gasteiger partial charge on any atom is -0.497 e. The molecule has 0 spiro atoms. The second-order valence-electron chi connectivity index (χ2n) is 10.4. The van der Waals surface area contributed by atoms with Gasteiger partial charge in [0, 0.05) is 23.2 Å². The van der Waals surface area contributed by atoms with Crippen molar-refractivity contribution in [1.29, 1.82) is 0 Å². The van der Waals surface area contributed by atoms with Crippen LogP contribution in [-0.2, 0) is 14.6 Å². The molecule has 1 fully saturated rings.